The summed E-state index contributed by atoms with van der Waals surface area (Å²) in [5.74, 6) is 1.25. The van der Waals surface area contributed by atoms with E-state index in [0.717, 1.165) is 16.5 Å². The molecule has 0 atom stereocenters. The number of nitrogens with one attached hydrogen (secondary N) is 3. The van der Waals surface area contributed by atoms with Crippen molar-refractivity contribution in [1.29, 1.82) is 0 Å². The van der Waals surface area contributed by atoms with E-state index in [1.165, 1.54) is 6.20 Å². The number of benzene rings is 1. The van der Waals surface area contributed by atoms with Crippen molar-refractivity contribution < 1.29 is 6.22 Å². The van der Waals surface area contributed by atoms with Gasteiger partial charge in [0.05, 0.1) is 17.3 Å². The molecule has 8 N–H and O–H groups in total. The predicted octanol–water partition coefficient (Wildman–Crippen LogP) is 3.13. The van der Waals surface area contributed by atoms with Gasteiger partial charge in [-0.3, -0.25) is 9.78 Å². The highest BCUT2D eigenvalue weighted by molar-refractivity contribution is 5.99. The van der Waals surface area contributed by atoms with Gasteiger partial charge in [-0.2, -0.15) is 0 Å². The number of aromatic nitrogens is 4. The molecule has 160 valence electrons. The summed E-state index contributed by atoms with van der Waals surface area (Å²) in [6, 6.07) is 13.3. The quantitative estimate of drug-likeness (QED) is 0.315. The van der Waals surface area contributed by atoms with Crippen molar-refractivity contribution in [2.75, 3.05) is 23.4 Å². The maximum absolute atomic E-state index is 12.0. The molecule has 0 unspecified atom stereocenters. The Hall–Kier alpha value is -4.31. The first kappa shape index (κ1) is 21.4. The average Bonchev–Trinajstić information content (AvgIpc) is 2.79. The molecular formula is C21H25N9O. The van der Waals surface area contributed by atoms with Gasteiger partial charge in [0.2, 0.25) is 0 Å². The van der Waals surface area contributed by atoms with Crippen LogP contribution in [-0.2, 0) is 6.54 Å². The van der Waals surface area contributed by atoms with Crippen LogP contribution in [0.15, 0.2) is 61.1 Å². The minimum atomic E-state index is -0.252. The summed E-state index contributed by atoms with van der Waals surface area (Å²) in [4.78, 5) is 29.2. The number of pyridine rings is 2. The lowest BCUT2D eigenvalue weighted by molar-refractivity contribution is 0.0963. The van der Waals surface area contributed by atoms with E-state index in [2.05, 4.69) is 42.0 Å². The maximum atomic E-state index is 12.0. The van der Waals surface area contributed by atoms with Crippen LogP contribution in [0.25, 0.3) is 10.9 Å². The van der Waals surface area contributed by atoms with Crippen molar-refractivity contribution in [3.05, 3.63) is 72.2 Å². The molecule has 10 heteroatoms. The van der Waals surface area contributed by atoms with Crippen LogP contribution in [-0.4, -0.2) is 32.9 Å². The average molecular weight is 419 g/mol. The summed E-state index contributed by atoms with van der Waals surface area (Å²) >= 11 is 0. The number of carbonyl (C=O) groups is 1. The van der Waals surface area contributed by atoms with E-state index < -0.39 is 0 Å². The van der Waals surface area contributed by atoms with Crippen LogP contribution in [0, 0.1) is 0 Å². The van der Waals surface area contributed by atoms with Crippen molar-refractivity contribution in [3.8, 4) is 0 Å². The number of hydrogen-bond acceptors (Lipinski definition) is 9. The van der Waals surface area contributed by atoms with Crippen molar-refractivity contribution in [3.63, 3.8) is 0 Å². The first-order valence-corrected chi connectivity index (χ1v) is 9.28. The van der Waals surface area contributed by atoms with E-state index in [0.29, 0.717) is 29.6 Å². The van der Waals surface area contributed by atoms with Crippen LogP contribution in [0.1, 0.15) is 17.3 Å². The van der Waals surface area contributed by atoms with E-state index >= 15 is 0 Å². The normalized spacial score (nSPS) is 10.2. The second-order valence-electron chi connectivity index (χ2n) is 6.48. The minimum Gasteiger partial charge on any atom is -0.381 e. The molecule has 0 radical (unpaired) electrons. The number of nitrogen functional groups attached to an aromatic ring is 1. The molecule has 0 saturated heterocycles. The van der Waals surface area contributed by atoms with Crippen LogP contribution < -0.4 is 27.8 Å². The smallest absolute Gasteiger partial charge is 0.254 e. The van der Waals surface area contributed by atoms with Gasteiger partial charge in [-0.05, 0) is 35.9 Å². The number of amides is 1. The van der Waals surface area contributed by atoms with E-state index in [1.807, 2.05) is 24.3 Å². The van der Waals surface area contributed by atoms with Gasteiger partial charge in [0.15, 0.2) is 17.5 Å². The Morgan fingerprint density at radius 1 is 1.06 bits per heavy atom. The topological polar surface area (TPSA) is 166 Å². The summed E-state index contributed by atoms with van der Waals surface area (Å²) in [5.41, 5.74) is 8.38. The zero-order valence-electron chi connectivity index (χ0n) is 17.0. The van der Waals surface area contributed by atoms with Crippen molar-refractivity contribution in [2.24, 2.45) is 0 Å². The van der Waals surface area contributed by atoms with Gasteiger partial charge < -0.3 is 27.8 Å². The second kappa shape index (κ2) is 9.46. The van der Waals surface area contributed by atoms with Gasteiger partial charge in [0.1, 0.15) is 5.82 Å². The zero-order valence-corrected chi connectivity index (χ0v) is 17.0. The number of carbonyl (C=O) groups excluding carboxylic acids is 1. The molecule has 3 aromatic heterocycles. The number of nitrogens with zero attached hydrogens (tertiary/aromatic N) is 4. The predicted molar refractivity (Wildman–Crippen MR) is 124 cm³/mol. The SMILES string of the molecule is CNC(=O)c1cccnc1Nc1cnc(N)c(NCc2ccc3ncccc3c2)n1.N.[HH]. The van der Waals surface area contributed by atoms with Gasteiger partial charge in [-0.15, -0.1) is 0 Å². The molecule has 0 saturated carbocycles. The summed E-state index contributed by atoms with van der Waals surface area (Å²) in [7, 11) is 1.56. The van der Waals surface area contributed by atoms with Crippen LogP contribution in [0.3, 0.4) is 0 Å². The molecule has 0 aliphatic carbocycles. The molecule has 0 fully saturated rings. The molecule has 0 aliphatic heterocycles. The van der Waals surface area contributed by atoms with Gasteiger partial charge >= 0.3 is 0 Å². The summed E-state index contributed by atoms with van der Waals surface area (Å²) < 4.78 is 0. The highest BCUT2D eigenvalue weighted by atomic mass is 16.1. The number of nitrogens with two attached hydrogens (primary N) is 1. The number of hydrogen-bond donors (Lipinski definition) is 5. The molecule has 10 nitrogen and oxygen atoms in total. The second-order valence-corrected chi connectivity index (χ2v) is 6.48. The molecule has 0 aliphatic rings. The minimum absolute atomic E-state index is 0. The Kier molecular flexibility index (Phi) is 6.53. The van der Waals surface area contributed by atoms with E-state index in [9.17, 15) is 4.79 Å². The summed E-state index contributed by atoms with van der Waals surface area (Å²) in [5, 5.41) is 9.88. The molecular weight excluding hydrogens is 394 g/mol. The highest BCUT2D eigenvalue weighted by Crippen LogP contribution is 2.21. The molecule has 4 rings (SSSR count). The van der Waals surface area contributed by atoms with Gasteiger partial charge in [0.25, 0.3) is 5.91 Å². The van der Waals surface area contributed by atoms with Crippen molar-refractivity contribution in [1.82, 2.24) is 31.4 Å². The third kappa shape index (κ3) is 4.82. The fourth-order valence-corrected chi connectivity index (χ4v) is 2.95. The van der Waals surface area contributed by atoms with E-state index in [-0.39, 0.29) is 19.3 Å². The van der Waals surface area contributed by atoms with E-state index in [4.69, 9.17) is 5.73 Å². The Bertz CT molecular complexity index is 1220. The molecule has 0 bridgehead atoms. The molecule has 1 amide bonds. The lowest BCUT2D eigenvalue weighted by Gasteiger charge is -2.12. The molecule has 3 heterocycles. The summed E-state index contributed by atoms with van der Waals surface area (Å²) in [6.07, 6.45) is 4.85. The Labute approximate surface area is 180 Å². The zero-order chi connectivity index (χ0) is 20.9. The fraction of sp³-hybridized carbons (Fsp3) is 0.0952. The molecule has 0 spiro atoms. The molecule has 4 aromatic rings. The molecule has 31 heavy (non-hydrogen) atoms. The van der Waals surface area contributed by atoms with Crippen LogP contribution in [0.5, 0.6) is 0 Å². The monoisotopic (exact) mass is 419 g/mol. The van der Waals surface area contributed by atoms with Gasteiger partial charge in [-0.1, -0.05) is 12.1 Å². The summed E-state index contributed by atoms with van der Waals surface area (Å²) in [6.45, 7) is 0.514. The first-order valence-electron chi connectivity index (χ1n) is 9.28. The lowest BCUT2D eigenvalue weighted by atomic mass is 10.1. The fourth-order valence-electron chi connectivity index (χ4n) is 2.95. The van der Waals surface area contributed by atoms with Gasteiger partial charge in [0, 0.05) is 32.8 Å². The lowest BCUT2D eigenvalue weighted by Crippen LogP contribution is -2.19. The standard InChI is InChI=1S/C21H20N8O.H3N.H2/c1-23-21(30)15-5-3-9-25-19(15)28-17-12-26-18(22)20(29-17)27-11-13-6-7-16-14(10-13)4-2-8-24-16;;/h2-10,12H,11H2,1H3,(H2,22,26)(H,23,30)(H2,25,27,28,29);1H3;1H. The van der Waals surface area contributed by atoms with Crippen molar-refractivity contribution in [2.45, 2.75) is 6.54 Å². The van der Waals surface area contributed by atoms with Crippen LogP contribution >= 0.6 is 0 Å². The largest absolute Gasteiger partial charge is 0.381 e. The molecule has 1 aromatic carbocycles. The first-order chi connectivity index (χ1) is 14.6. The van der Waals surface area contributed by atoms with Crippen LogP contribution in [0.4, 0.5) is 23.3 Å². The number of fused-ring (bicyclic) bond motifs is 1. The Morgan fingerprint density at radius 2 is 1.87 bits per heavy atom. The van der Waals surface area contributed by atoms with Crippen LogP contribution in [0.2, 0.25) is 0 Å². The Morgan fingerprint density at radius 3 is 2.71 bits per heavy atom. The third-order valence-electron chi connectivity index (χ3n) is 4.45. The van der Waals surface area contributed by atoms with Crippen molar-refractivity contribution >= 4 is 40.1 Å². The third-order valence-corrected chi connectivity index (χ3v) is 4.45. The maximum Gasteiger partial charge on any atom is 0.254 e. The highest BCUT2D eigenvalue weighted by Gasteiger charge is 2.12. The number of rotatable bonds is 6. The van der Waals surface area contributed by atoms with Gasteiger partial charge in [-0.25, -0.2) is 15.0 Å². The Balaban J connectivity index is 0.00000181. The van der Waals surface area contributed by atoms with E-state index in [1.54, 1.807) is 31.6 Å². The number of anilines is 4.